The molecule has 9 aliphatic heterocycles. The van der Waals surface area contributed by atoms with Crippen LogP contribution in [0.4, 0.5) is 5.82 Å². The summed E-state index contributed by atoms with van der Waals surface area (Å²) in [6.45, 7) is 0. The van der Waals surface area contributed by atoms with Gasteiger partial charge in [0.05, 0.1) is 44.7 Å². The molecule has 13 aliphatic rings. The fourth-order valence-corrected chi connectivity index (χ4v) is 14.3. The van der Waals surface area contributed by atoms with Crippen LogP contribution in [0.25, 0.3) is 18.2 Å². The van der Waals surface area contributed by atoms with Crippen molar-refractivity contribution in [1.82, 2.24) is 19.9 Å². The van der Waals surface area contributed by atoms with Gasteiger partial charge in [-0.05, 0) is 46.0 Å². The van der Waals surface area contributed by atoms with Crippen LogP contribution in [0.15, 0.2) is 53.6 Å². The fraction of sp³-hybridized carbons (Fsp3) is 0.205. The Hall–Kier alpha value is -4.43. The van der Waals surface area contributed by atoms with Crippen molar-refractivity contribution < 1.29 is 19.2 Å². The first-order chi connectivity index (χ1) is 25.4. The number of aromatic amines is 4. The summed E-state index contributed by atoms with van der Waals surface area (Å²) in [6, 6.07) is 0. The molecule has 252 valence electrons. The second kappa shape index (κ2) is 9.75. The number of hydrogen-bond acceptors (Lipinski definition) is 9. The molecule has 8 atom stereocenters. The van der Waals surface area contributed by atoms with E-state index >= 15 is 0 Å². The summed E-state index contributed by atoms with van der Waals surface area (Å²) < 4.78 is 0. The Morgan fingerprint density at radius 2 is 0.827 bits per heavy atom. The van der Waals surface area contributed by atoms with E-state index in [1.165, 1.54) is 47.0 Å². The monoisotopic (exact) mass is 753 g/mol. The summed E-state index contributed by atoms with van der Waals surface area (Å²) in [7, 11) is 0. The third kappa shape index (κ3) is 3.56. The van der Waals surface area contributed by atoms with Crippen molar-refractivity contribution in [3.63, 3.8) is 0 Å². The van der Waals surface area contributed by atoms with Crippen molar-refractivity contribution in [2.45, 2.75) is 44.7 Å². The molecule has 52 heavy (non-hydrogen) atoms. The van der Waals surface area contributed by atoms with Crippen LogP contribution < -0.4 is 21.5 Å². The SMILES string of the molecule is O=C1SC2C=CC1c1c3[nH]c(c12)C=c1[nH]c(c2c1C1C=CC2SC1=O)=Cc1[nH]c(c2c1C1C=CC2SC1=O)N=c1[nH]c(c2c1C1C=CC2SC1=O)=C3. The second-order valence-electron chi connectivity index (χ2n) is 14.4. The van der Waals surface area contributed by atoms with Gasteiger partial charge in [0.25, 0.3) is 0 Å². The molecule has 8 unspecified atom stereocenters. The molecule has 0 aromatic carbocycles. The highest BCUT2D eigenvalue weighted by Gasteiger charge is 2.45. The molecule has 4 aliphatic carbocycles. The number of nitrogens with zero attached hydrogens (tertiary/aromatic N) is 1. The lowest BCUT2D eigenvalue weighted by Gasteiger charge is -2.30. The van der Waals surface area contributed by atoms with Crippen LogP contribution in [0.3, 0.4) is 0 Å². The molecule has 17 rings (SSSR count). The maximum Gasteiger partial charge on any atom is 0.201 e. The van der Waals surface area contributed by atoms with E-state index in [0.29, 0.717) is 11.3 Å². The highest BCUT2D eigenvalue weighted by atomic mass is 32.2. The summed E-state index contributed by atoms with van der Waals surface area (Å²) in [5.41, 5.74) is 11.1. The number of aromatic nitrogens is 4. The van der Waals surface area contributed by atoms with Gasteiger partial charge in [0.1, 0.15) is 11.3 Å². The first-order valence-electron chi connectivity index (χ1n) is 17.2. The Morgan fingerprint density at radius 3 is 1.42 bits per heavy atom. The van der Waals surface area contributed by atoms with Crippen LogP contribution in [0, 0.1) is 0 Å². The van der Waals surface area contributed by atoms with Gasteiger partial charge < -0.3 is 19.9 Å². The molecular formula is C39H23N5O4S4. The highest BCUT2D eigenvalue weighted by Crippen LogP contribution is 2.55. The second-order valence-corrected chi connectivity index (χ2v) is 19.0. The van der Waals surface area contributed by atoms with Crippen molar-refractivity contribution >= 4 is 91.6 Å². The molecule has 4 aromatic heterocycles. The zero-order valence-electron chi connectivity index (χ0n) is 26.7. The van der Waals surface area contributed by atoms with Crippen molar-refractivity contribution in [2.24, 2.45) is 4.99 Å². The molecule has 4 aromatic rings. The van der Waals surface area contributed by atoms with Crippen LogP contribution in [0.2, 0.25) is 0 Å². The van der Waals surface area contributed by atoms with Gasteiger partial charge in [-0.3, -0.25) is 19.2 Å². The van der Waals surface area contributed by atoms with Crippen LogP contribution in [0.1, 0.15) is 106 Å². The predicted octanol–water partition coefficient (Wildman–Crippen LogP) is 4.62. The number of carbonyl (C=O) groups is 4. The Labute approximate surface area is 310 Å². The molecule has 13 heteroatoms. The molecule has 16 bridgehead atoms. The normalized spacial score (nSPS) is 31.2. The minimum atomic E-state index is -0.432. The Balaban J connectivity index is 1.19. The summed E-state index contributed by atoms with van der Waals surface area (Å²) in [4.78, 5) is 73.5. The van der Waals surface area contributed by atoms with Crippen molar-refractivity contribution in [3.8, 4) is 0 Å². The van der Waals surface area contributed by atoms with Crippen LogP contribution in [0.5, 0.6) is 0 Å². The van der Waals surface area contributed by atoms with E-state index in [4.69, 9.17) is 4.99 Å². The van der Waals surface area contributed by atoms with Crippen molar-refractivity contribution in [1.29, 1.82) is 0 Å². The van der Waals surface area contributed by atoms with E-state index in [0.717, 1.165) is 77.6 Å². The molecular weight excluding hydrogens is 731 g/mol. The van der Waals surface area contributed by atoms with Crippen LogP contribution in [-0.2, 0) is 19.2 Å². The van der Waals surface area contributed by atoms with Crippen molar-refractivity contribution in [3.05, 3.63) is 132 Å². The van der Waals surface area contributed by atoms with Gasteiger partial charge in [0, 0.05) is 49.8 Å². The third-order valence-corrected chi connectivity index (χ3v) is 16.4. The maximum atomic E-state index is 13.4. The number of H-pyrrole nitrogens is 4. The van der Waals surface area contributed by atoms with Crippen LogP contribution >= 0.6 is 47.0 Å². The predicted molar refractivity (Wildman–Crippen MR) is 202 cm³/mol. The Morgan fingerprint density at radius 1 is 0.404 bits per heavy atom. The summed E-state index contributed by atoms with van der Waals surface area (Å²) in [6.07, 6.45) is 22.8. The number of carbonyl (C=O) groups excluding carboxylic acids is 4. The van der Waals surface area contributed by atoms with E-state index in [2.05, 4.69) is 62.5 Å². The van der Waals surface area contributed by atoms with E-state index in [9.17, 15) is 19.2 Å². The summed E-state index contributed by atoms with van der Waals surface area (Å²) >= 11 is 5.39. The van der Waals surface area contributed by atoms with E-state index in [1.54, 1.807) is 0 Å². The number of nitrogens with one attached hydrogen (secondary N) is 4. The maximum absolute atomic E-state index is 13.4. The largest absolute Gasteiger partial charge is 0.355 e. The lowest BCUT2D eigenvalue weighted by atomic mass is 9.86. The average Bonchev–Trinajstić information content (AvgIpc) is 3.90. The van der Waals surface area contributed by atoms with Gasteiger partial charge in [0.2, 0.25) is 20.5 Å². The minimum absolute atomic E-state index is 0.101. The fourth-order valence-electron chi connectivity index (χ4n) is 9.73. The molecule has 0 saturated carbocycles. The zero-order chi connectivity index (χ0) is 34.3. The van der Waals surface area contributed by atoms with E-state index < -0.39 is 11.8 Å². The van der Waals surface area contributed by atoms with Gasteiger partial charge in [-0.15, -0.1) is 0 Å². The molecule has 0 fully saturated rings. The van der Waals surface area contributed by atoms with Gasteiger partial charge in [-0.1, -0.05) is 95.7 Å². The Bertz CT molecular complexity index is 2720. The summed E-state index contributed by atoms with van der Waals surface area (Å²) in [5, 5.41) is 2.44. The quantitative estimate of drug-likeness (QED) is 0.168. The molecule has 4 N–H and O–H groups in total. The third-order valence-electron chi connectivity index (χ3n) is 11.8. The molecule has 0 spiro atoms. The van der Waals surface area contributed by atoms with E-state index in [-0.39, 0.29) is 53.3 Å². The molecule has 0 amide bonds. The number of allylic oxidation sites excluding steroid dienone is 4. The zero-order valence-corrected chi connectivity index (χ0v) is 29.9. The van der Waals surface area contributed by atoms with Gasteiger partial charge in [-0.25, -0.2) is 4.99 Å². The lowest BCUT2D eigenvalue weighted by Crippen LogP contribution is -2.27. The van der Waals surface area contributed by atoms with Gasteiger partial charge in [-0.2, -0.15) is 0 Å². The Kier molecular flexibility index (Phi) is 5.45. The standard InChI is InChI=1S/C39H23N5O4S4/c45-36-12-1-6-23(50-36)31-20-11-18-28-14-3-8-25(52-38(14)47)33(28)35(42-18)44-34-29-15-4-7-24(51-39(15)48)32(29)21(43-34)10-17-27-13-2-5-22(49-37(13)46)30(27)19(41-17)9-16(40-20)26(12)31/h1-15,22-25,40-41H,(H2,42,43,44). The van der Waals surface area contributed by atoms with E-state index in [1.807, 2.05) is 24.3 Å². The van der Waals surface area contributed by atoms with Gasteiger partial charge >= 0.3 is 0 Å². The van der Waals surface area contributed by atoms with Gasteiger partial charge in [0.15, 0.2) is 0 Å². The highest BCUT2D eigenvalue weighted by molar-refractivity contribution is 8.15. The number of rotatable bonds is 0. The topological polar surface area (TPSA) is 144 Å². The molecule has 9 nitrogen and oxygen atoms in total. The number of hydrogen-bond donors (Lipinski definition) is 4. The molecule has 0 saturated heterocycles. The molecule has 13 heterocycles. The number of thioether (sulfide) groups is 4. The lowest BCUT2D eigenvalue weighted by molar-refractivity contribution is -0.112. The first-order valence-corrected chi connectivity index (χ1v) is 20.7. The minimum Gasteiger partial charge on any atom is -0.355 e. The number of fused-ring (bicyclic) bond motifs is 12. The van der Waals surface area contributed by atoms with Crippen LogP contribution in [-0.4, -0.2) is 40.4 Å². The summed E-state index contributed by atoms with van der Waals surface area (Å²) in [5.74, 6) is -0.943. The first kappa shape index (κ1) is 29.1. The smallest absolute Gasteiger partial charge is 0.201 e. The molecule has 0 radical (unpaired) electrons. The van der Waals surface area contributed by atoms with Crippen molar-refractivity contribution in [2.75, 3.05) is 0 Å². The average molecular weight is 754 g/mol.